The number of rotatable bonds is 8. The van der Waals surface area contributed by atoms with Gasteiger partial charge in [0.15, 0.2) is 0 Å². The molecule has 1 aliphatic rings. The van der Waals surface area contributed by atoms with E-state index in [1.807, 2.05) is 6.21 Å². The second-order valence-electron chi connectivity index (χ2n) is 4.61. The fourth-order valence-electron chi connectivity index (χ4n) is 1.76. The van der Waals surface area contributed by atoms with Crippen LogP contribution in [-0.2, 0) is 9.53 Å². The van der Waals surface area contributed by atoms with E-state index >= 15 is 0 Å². The molecule has 0 aromatic carbocycles. The molecule has 0 amide bonds. The maximum absolute atomic E-state index is 10.3. The normalized spacial score (nSPS) is 23.7. The fraction of sp³-hybridized carbons (Fsp3) is 0.833. The standard InChI is InChI=1S/C12H22N2O3.Li/c1-9-5-6-14-11(9)8-17-7-3-2-4-10(13)12(15)16;/h6,9-11H,2-5,7-8,13H2,1H3,(H,15,16);/q;+1/p-1/t9-,10+,11+;/m1./s1. The Morgan fingerprint density at radius 2 is 2.33 bits per heavy atom. The van der Waals surface area contributed by atoms with Crippen LogP contribution in [0.15, 0.2) is 4.99 Å². The van der Waals surface area contributed by atoms with E-state index < -0.39 is 12.0 Å². The predicted molar refractivity (Wildman–Crippen MR) is 63.7 cm³/mol. The van der Waals surface area contributed by atoms with E-state index in [9.17, 15) is 9.90 Å². The molecule has 18 heavy (non-hydrogen) atoms. The Hall–Kier alpha value is -0.343. The first-order chi connectivity index (χ1) is 8.11. The van der Waals surface area contributed by atoms with Crippen molar-refractivity contribution in [2.24, 2.45) is 16.6 Å². The number of aliphatic imine (C=N–C) groups is 1. The average Bonchev–Trinajstić information content (AvgIpc) is 2.68. The molecular formula is C12H21LiN2O3. The van der Waals surface area contributed by atoms with Gasteiger partial charge in [0, 0.05) is 12.6 Å². The zero-order valence-electron chi connectivity index (χ0n) is 11.3. The summed E-state index contributed by atoms with van der Waals surface area (Å²) in [5.74, 6) is -0.610. The second kappa shape index (κ2) is 9.57. The predicted octanol–water partition coefficient (Wildman–Crippen LogP) is -3.27. The number of carboxylic acid groups (broad SMARTS) is 1. The van der Waals surface area contributed by atoms with Crippen molar-refractivity contribution in [2.75, 3.05) is 13.2 Å². The summed E-state index contributed by atoms with van der Waals surface area (Å²) in [4.78, 5) is 14.7. The maximum atomic E-state index is 10.3. The summed E-state index contributed by atoms with van der Waals surface area (Å²) in [5, 5.41) is 10.3. The molecule has 0 spiro atoms. The molecule has 0 radical (unpaired) electrons. The summed E-state index contributed by atoms with van der Waals surface area (Å²) in [6.07, 6.45) is 5.01. The summed E-state index contributed by atoms with van der Waals surface area (Å²) in [5.41, 5.74) is 5.33. The van der Waals surface area contributed by atoms with Crippen molar-refractivity contribution < 1.29 is 33.5 Å². The fourth-order valence-corrected chi connectivity index (χ4v) is 1.76. The third-order valence-corrected chi connectivity index (χ3v) is 3.08. The molecule has 0 bridgehead atoms. The minimum absolute atomic E-state index is 0. The summed E-state index contributed by atoms with van der Waals surface area (Å²) in [6.45, 7) is 3.46. The number of nitrogens with zero attached hydrogens (tertiary/aromatic N) is 1. The average molecular weight is 248 g/mol. The summed E-state index contributed by atoms with van der Waals surface area (Å²) >= 11 is 0. The molecule has 6 heteroatoms. The van der Waals surface area contributed by atoms with Crippen LogP contribution < -0.4 is 29.7 Å². The van der Waals surface area contributed by atoms with E-state index in [2.05, 4.69) is 11.9 Å². The zero-order chi connectivity index (χ0) is 12.7. The molecule has 0 fully saturated rings. The minimum Gasteiger partial charge on any atom is -0.548 e. The summed E-state index contributed by atoms with van der Waals surface area (Å²) in [7, 11) is 0. The van der Waals surface area contributed by atoms with Crippen LogP contribution in [0.3, 0.4) is 0 Å². The molecule has 3 atom stereocenters. The maximum Gasteiger partial charge on any atom is 1.00 e. The van der Waals surface area contributed by atoms with Crippen molar-refractivity contribution in [3.05, 3.63) is 0 Å². The SMILES string of the molecule is C[C@@H]1CC=N[C@H]1COCCCC[C@H](N)C(=O)[O-].[Li+]. The van der Waals surface area contributed by atoms with Crippen molar-refractivity contribution in [3.63, 3.8) is 0 Å². The smallest absolute Gasteiger partial charge is 0.548 e. The summed E-state index contributed by atoms with van der Waals surface area (Å²) < 4.78 is 5.51. The number of hydrogen-bond donors (Lipinski definition) is 1. The van der Waals surface area contributed by atoms with Crippen LogP contribution in [0.25, 0.3) is 0 Å². The van der Waals surface area contributed by atoms with E-state index in [1.165, 1.54) is 0 Å². The van der Waals surface area contributed by atoms with Crippen molar-refractivity contribution in [2.45, 2.75) is 44.7 Å². The first-order valence-electron chi connectivity index (χ1n) is 6.17. The molecular weight excluding hydrogens is 227 g/mol. The molecule has 0 unspecified atom stereocenters. The third kappa shape index (κ3) is 6.55. The van der Waals surface area contributed by atoms with Gasteiger partial charge in [-0.25, -0.2) is 0 Å². The topological polar surface area (TPSA) is 87.7 Å². The van der Waals surface area contributed by atoms with Crippen molar-refractivity contribution in [1.82, 2.24) is 0 Å². The Bertz CT molecular complexity index is 274. The molecule has 0 saturated heterocycles. The number of hydrogen-bond acceptors (Lipinski definition) is 5. The second-order valence-corrected chi connectivity index (χ2v) is 4.61. The monoisotopic (exact) mass is 248 g/mol. The molecule has 0 aliphatic carbocycles. The van der Waals surface area contributed by atoms with Crippen molar-refractivity contribution in [1.29, 1.82) is 0 Å². The Labute approximate surface area is 120 Å². The van der Waals surface area contributed by atoms with Crippen LogP contribution in [0.4, 0.5) is 0 Å². The van der Waals surface area contributed by atoms with Gasteiger partial charge in [0.1, 0.15) is 0 Å². The third-order valence-electron chi connectivity index (χ3n) is 3.08. The van der Waals surface area contributed by atoms with E-state index in [0.29, 0.717) is 31.6 Å². The minimum atomic E-state index is -1.18. The number of carboxylic acids is 1. The zero-order valence-corrected chi connectivity index (χ0v) is 11.3. The number of aliphatic carboxylic acids is 1. The molecule has 0 saturated carbocycles. The number of unbranched alkanes of at least 4 members (excludes halogenated alkanes) is 1. The number of nitrogens with two attached hydrogens (primary N) is 1. The van der Waals surface area contributed by atoms with Gasteiger partial charge >= 0.3 is 18.9 Å². The molecule has 5 nitrogen and oxygen atoms in total. The number of ether oxygens (including phenoxy) is 1. The molecule has 1 heterocycles. The molecule has 98 valence electrons. The van der Waals surface area contributed by atoms with Gasteiger partial charge in [-0.1, -0.05) is 6.92 Å². The van der Waals surface area contributed by atoms with Crippen molar-refractivity contribution >= 4 is 12.2 Å². The molecule has 2 N–H and O–H groups in total. The largest absolute Gasteiger partial charge is 1.00 e. The van der Waals surface area contributed by atoms with Crippen LogP contribution >= 0.6 is 0 Å². The van der Waals surface area contributed by atoms with Crippen LogP contribution in [-0.4, -0.2) is 37.5 Å². The van der Waals surface area contributed by atoms with Crippen LogP contribution in [0, 0.1) is 5.92 Å². The molecule has 1 aliphatic heterocycles. The van der Waals surface area contributed by atoms with Gasteiger partial charge in [0.2, 0.25) is 0 Å². The molecule has 0 aromatic heterocycles. The number of carbonyl (C=O) groups excluding carboxylic acids is 1. The van der Waals surface area contributed by atoms with Crippen LogP contribution in [0.1, 0.15) is 32.6 Å². The number of carbonyl (C=O) groups is 1. The summed E-state index contributed by atoms with van der Waals surface area (Å²) in [6, 6.07) is -0.560. The van der Waals surface area contributed by atoms with Crippen molar-refractivity contribution in [3.8, 4) is 0 Å². The van der Waals surface area contributed by atoms with Gasteiger partial charge in [-0.2, -0.15) is 0 Å². The molecule has 0 aromatic rings. The first kappa shape index (κ1) is 17.7. The Morgan fingerprint density at radius 1 is 1.61 bits per heavy atom. The van der Waals surface area contributed by atoms with Gasteiger partial charge in [-0.15, -0.1) is 0 Å². The van der Waals surface area contributed by atoms with E-state index in [4.69, 9.17) is 10.5 Å². The van der Waals surface area contributed by atoms with Gasteiger partial charge in [-0.05, 0) is 37.8 Å². The van der Waals surface area contributed by atoms with E-state index in [1.54, 1.807) is 0 Å². The quantitative estimate of drug-likeness (QED) is 0.361. The van der Waals surface area contributed by atoms with Gasteiger partial charge in [0.05, 0.1) is 18.6 Å². The Kier molecular flexibility index (Phi) is 9.39. The Morgan fingerprint density at radius 3 is 2.89 bits per heavy atom. The van der Waals surface area contributed by atoms with Gasteiger partial charge in [0.25, 0.3) is 0 Å². The van der Waals surface area contributed by atoms with E-state index in [0.717, 1.165) is 19.3 Å². The Balaban J connectivity index is 0.00000289. The molecule has 1 rings (SSSR count). The van der Waals surface area contributed by atoms with E-state index in [-0.39, 0.29) is 18.9 Å². The van der Waals surface area contributed by atoms with Gasteiger partial charge < -0.3 is 20.4 Å². The first-order valence-corrected chi connectivity index (χ1v) is 6.17. The van der Waals surface area contributed by atoms with Crippen LogP contribution in [0.5, 0.6) is 0 Å². The van der Waals surface area contributed by atoms with Crippen LogP contribution in [0.2, 0.25) is 0 Å². The van der Waals surface area contributed by atoms with Gasteiger partial charge in [-0.3, -0.25) is 4.99 Å².